The number of quaternary nitrogens is 1. The lowest BCUT2D eigenvalue weighted by molar-refractivity contribution is -0.918. The third-order valence-electron chi connectivity index (χ3n) is 3.05. The predicted molar refractivity (Wildman–Crippen MR) is 69.0 cm³/mol. The van der Waals surface area contributed by atoms with E-state index in [1.165, 1.54) is 5.69 Å². The molecule has 92 valence electrons. The van der Waals surface area contributed by atoms with Gasteiger partial charge in [-0.1, -0.05) is 0 Å². The number of alkyl halides is 2. The summed E-state index contributed by atoms with van der Waals surface area (Å²) in [7, 11) is 4.22. The summed E-state index contributed by atoms with van der Waals surface area (Å²) in [5, 5.41) is 0. The Labute approximate surface area is 108 Å². The fraction of sp³-hybridized carbons (Fsp3) is 0.727. The largest absolute Gasteiger partial charge is 0.333 e. The molecule has 0 aliphatic carbocycles. The molecule has 1 aromatic heterocycles. The van der Waals surface area contributed by atoms with Crippen LogP contribution < -0.4 is 0 Å². The smallest absolute Gasteiger partial charge is 0.121 e. The summed E-state index contributed by atoms with van der Waals surface area (Å²) >= 11 is 11.7. The molecule has 0 aromatic carbocycles. The van der Waals surface area contributed by atoms with E-state index in [9.17, 15) is 0 Å². The van der Waals surface area contributed by atoms with Crippen molar-refractivity contribution < 1.29 is 4.48 Å². The fourth-order valence-electron chi connectivity index (χ4n) is 1.84. The van der Waals surface area contributed by atoms with Crippen LogP contribution in [0, 0.1) is 6.92 Å². The summed E-state index contributed by atoms with van der Waals surface area (Å²) in [6.45, 7) is 4.83. The number of aryl methyl sites for hydroxylation is 2. The van der Waals surface area contributed by atoms with Crippen LogP contribution in [0.15, 0.2) is 6.33 Å². The van der Waals surface area contributed by atoms with Crippen LogP contribution in [0.4, 0.5) is 0 Å². The standard InChI is InChI=1S/C11H20Cl2N3/c1-10-11(15(2)9-14-10)8-16(3,6-4-12)7-5-13/h9H,4-8H2,1-3H3/q+1. The first-order valence-electron chi connectivity index (χ1n) is 5.44. The molecule has 0 aliphatic rings. The number of aromatic nitrogens is 2. The highest BCUT2D eigenvalue weighted by atomic mass is 35.5. The van der Waals surface area contributed by atoms with Gasteiger partial charge in [-0.3, -0.25) is 0 Å². The highest BCUT2D eigenvalue weighted by Gasteiger charge is 2.23. The minimum absolute atomic E-state index is 0.657. The van der Waals surface area contributed by atoms with Crippen LogP contribution in [0.3, 0.4) is 0 Å². The van der Waals surface area contributed by atoms with Crippen LogP contribution in [0.1, 0.15) is 11.4 Å². The van der Waals surface area contributed by atoms with Gasteiger partial charge in [0.15, 0.2) is 0 Å². The summed E-state index contributed by atoms with van der Waals surface area (Å²) in [5.74, 6) is 1.31. The van der Waals surface area contributed by atoms with Gasteiger partial charge in [-0.05, 0) is 6.92 Å². The van der Waals surface area contributed by atoms with E-state index in [0.29, 0.717) is 11.8 Å². The van der Waals surface area contributed by atoms with Crippen molar-refractivity contribution >= 4 is 23.2 Å². The average Bonchev–Trinajstić information content (AvgIpc) is 2.50. The average molecular weight is 265 g/mol. The molecular weight excluding hydrogens is 245 g/mol. The Morgan fingerprint density at radius 1 is 1.31 bits per heavy atom. The molecule has 0 fully saturated rings. The molecule has 0 bridgehead atoms. The van der Waals surface area contributed by atoms with Gasteiger partial charge in [0.2, 0.25) is 0 Å². The number of hydrogen-bond donors (Lipinski definition) is 0. The molecule has 0 saturated carbocycles. The second-order valence-corrected chi connectivity index (χ2v) is 5.25. The van der Waals surface area contributed by atoms with Crippen molar-refractivity contribution in [2.24, 2.45) is 7.05 Å². The maximum Gasteiger partial charge on any atom is 0.121 e. The first kappa shape index (κ1) is 13.8. The molecule has 1 rings (SSSR count). The highest BCUT2D eigenvalue weighted by Crippen LogP contribution is 2.15. The predicted octanol–water partition coefficient (Wildman–Crippen LogP) is 2.15. The molecule has 0 N–H and O–H groups in total. The first-order chi connectivity index (χ1) is 7.52. The van der Waals surface area contributed by atoms with E-state index in [1.54, 1.807) is 0 Å². The topological polar surface area (TPSA) is 17.8 Å². The quantitative estimate of drug-likeness (QED) is 0.569. The van der Waals surface area contributed by atoms with Crippen LogP contribution >= 0.6 is 23.2 Å². The molecule has 0 amide bonds. The molecule has 0 atom stereocenters. The summed E-state index contributed by atoms with van der Waals surface area (Å²) < 4.78 is 2.95. The molecular formula is C11H20Cl2N3+. The lowest BCUT2D eigenvalue weighted by Crippen LogP contribution is -2.46. The molecule has 16 heavy (non-hydrogen) atoms. The van der Waals surface area contributed by atoms with Crippen LogP contribution in [0.2, 0.25) is 0 Å². The monoisotopic (exact) mass is 264 g/mol. The van der Waals surface area contributed by atoms with E-state index in [0.717, 1.165) is 29.8 Å². The van der Waals surface area contributed by atoms with E-state index in [1.807, 2.05) is 20.3 Å². The third-order valence-corrected chi connectivity index (χ3v) is 3.39. The highest BCUT2D eigenvalue weighted by molar-refractivity contribution is 6.18. The van der Waals surface area contributed by atoms with Gasteiger partial charge >= 0.3 is 0 Å². The zero-order valence-corrected chi connectivity index (χ0v) is 11.7. The van der Waals surface area contributed by atoms with Gasteiger partial charge < -0.3 is 9.05 Å². The van der Waals surface area contributed by atoms with Gasteiger partial charge in [-0.2, -0.15) is 0 Å². The third kappa shape index (κ3) is 3.37. The number of hydrogen-bond acceptors (Lipinski definition) is 1. The molecule has 0 aliphatic heterocycles. The number of rotatable bonds is 6. The molecule has 0 radical (unpaired) electrons. The van der Waals surface area contributed by atoms with Gasteiger partial charge in [-0.15, -0.1) is 23.2 Å². The Hall–Kier alpha value is -0.250. The molecule has 0 unspecified atom stereocenters. The summed E-state index contributed by atoms with van der Waals surface area (Å²) in [6, 6.07) is 0. The van der Waals surface area contributed by atoms with E-state index in [4.69, 9.17) is 23.2 Å². The Balaban J connectivity index is 2.82. The minimum atomic E-state index is 0.657. The number of halogens is 2. The summed E-state index contributed by atoms with van der Waals surface area (Å²) in [6.07, 6.45) is 1.86. The van der Waals surface area contributed by atoms with Gasteiger partial charge in [0, 0.05) is 7.05 Å². The zero-order valence-electron chi connectivity index (χ0n) is 10.2. The van der Waals surface area contributed by atoms with Crippen molar-refractivity contribution in [1.82, 2.24) is 9.55 Å². The zero-order chi connectivity index (χ0) is 12.2. The fourth-order valence-corrected chi connectivity index (χ4v) is 2.65. The second-order valence-electron chi connectivity index (χ2n) is 4.49. The number of nitrogens with zero attached hydrogens (tertiary/aromatic N) is 3. The van der Waals surface area contributed by atoms with E-state index in [-0.39, 0.29) is 0 Å². The molecule has 5 heteroatoms. The molecule has 0 saturated heterocycles. The summed E-state index contributed by atoms with van der Waals surface area (Å²) in [4.78, 5) is 4.31. The maximum absolute atomic E-state index is 5.86. The van der Waals surface area contributed by atoms with E-state index < -0.39 is 0 Å². The van der Waals surface area contributed by atoms with Crippen LogP contribution in [-0.4, -0.2) is 45.9 Å². The first-order valence-corrected chi connectivity index (χ1v) is 6.51. The van der Waals surface area contributed by atoms with Crippen molar-refractivity contribution in [3.05, 3.63) is 17.7 Å². The Morgan fingerprint density at radius 2 is 1.88 bits per heavy atom. The summed E-state index contributed by atoms with van der Waals surface area (Å²) in [5.41, 5.74) is 2.36. The lowest BCUT2D eigenvalue weighted by Gasteiger charge is -2.33. The molecule has 0 spiro atoms. The SMILES string of the molecule is Cc1ncn(C)c1C[N+](C)(CCCl)CCCl. The van der Waals surface area contributed by atoms with Crippen LogP contribution in [0.5, 0.6) is 0 Å². The van der Waals surface area contributed by atoms with Crippen molar-refractivity contribution in [2.75, 3.05) is 31.9 Å². The van der Waals surface area contributed by atoms with E-state index >= 15 is 0 Å². The van der Waals surface area contributed by atoms with Gasteiger partial charge in [0.05, 0.1) is 49.6 Å². The van der Waals surface area contributed by atoms with Crippen molar-refractivity contribution in [1.29, 1.82) is 0 Å². The normalized spacial score (nSPS) is 12.1. The minimum Gasteiger partial charge on any atom is -0.333 e. The Kier molecular flexibility index (Phi) is 5.09. The van der Waals surface area contributed by atoms with Gasteiger partial charge in [-0.25, -0.2) is 4.98 Å². The number of imidazole rings is 1. The van der Waals surface area contributed by atoms with Gasteiger partial charge in [0.1, 0.15) is 6.54 Å². The molecule has 1 heterocycles. The van der Waals surface area contributed by atoms with Gasteiger partial charge in [0.25, 0.3) is 0 Å². The van der Waals surface area contributed by atoms with E-state index in [2.05, 4.69) is 16.6 Å². The lowest BCUT2D eigenvalue weighted by atomic mass is 10.2. The Bertz CT molecular complexity index is 310. The van der Waals surface area contributed by atoms with Crippen molar-refractivity contribution in [3.8, 4) is 0 Å². The van der Waals surface area contributed by atoms with Crippen molar-refractivity contribution in [3.63, 3.8) is 0 Å². The van der Waals surface area contributed by atoms with Crippen LogP contribution in [0.25, 0.3) is 0 Å². The second kappa shape index (κ2) is 5.89. The molecule has 1 aromatic rings. The van der Waals surface area contributed by atoms with Crippen LogP contribution in [-0.2, 0) is 13.6 Å². The van der Waals surface area contributed by atoms with Crippen molar-refractivity contribution in [2.45, 2.75) is 13.5 Å². The molecule has 3 nitrogen and oxygen atoms in total. The Morgan fingerprint density at radius 3 is 2.25 bits per heavy atom. The maximum atomic E-state index is 5.86.